The monoisotopic (exact) mass is 483 g/mol. The minimum absolute atomic E-state index is 0.0974. The Labute approximate surface area is 200 Å². The van der Waals surface area contributed by atoms with Crippen LogP contribution in [0.25, 0.3) is 33.2 Å². The Morgan fingerprint density at radius 2 is 1.60 bits per heavy atom. The number of nitrogens with one attached hydrogen (secondary N) is 1. The summed E-state index contributed by atoms with van der Waals surface area (Å²) in [4.78, 5) is 22.9. The van der Waals surface area contributed by atoms with Gasteiger partial charge in [0.25, 0.3) is 15.7 Å². The van der Waals surface area contributed by atoms with E-state index in [-0.39, 0.29) is 16.4 Å². The Morgan fingerprint density at radius 1 is 0.800 bits per heavy atom. The molecule has 172 valence electrons. The smallest absolute Gasteiger partial charge is 0.265 e. The van der Waals surface area contributed by atoms with Crippen molar-refractivity contribution in [1.29, 1.82) is 0 Å². The first-order valence-electron chi connectivity index (χ1n) is 10.4. The molecule has 0 amide bonds. The van der Waals surface area contributed by atoms with Crippen LogP contribution >= 0.6 is 0 Å². The number of nitro groups is 1. The van der Waals surface area contributed by atoms with Gasteiger partial charge in [0.2, 0.25) is 0 Å². The number of hydrogen-bond donors (Lipinski definition) is 1. The fourth-order valence-electron chi connectivity index (χ4n) is 3.69. The second-order valence-electron chi connectivity index (χ2n) is 7.62. The van der Waals surface area contributed by atoms with E-state index in [1.807, 2.05) is 36.4 Å². The largest absolute Gasteiger partial charge is 0.270 e. The fraction of sp³-hybridized carbons (Fsp3) is 0. The molecule has 0 saturated carbocycles. The van der Waals surface area contributed by atoms with E-state index >= 15 is 0 Å². The molecule has 3 heterocycles. The van der Waals surface area contributed by atoms with Gasteiger partial charge in [-0.05, 0) is 65.2 Å². The highest BCUT2D eigenvalue weighted by Crippen LogP contribution is 2.31. The molecular weight excluding hydrogens is 466 g/mol. The molecule has 35 heavy (non-hydrogen) atoms. The van der Waals surface area contributed by atoms with E-state index in [0.29, 0.717) is 0 Å². The summed E-state index contributed by atoms with van der Waals surface area (Å²) in [7, 11) is -4.04. The summed E-state index contributed by atoms with van der Waals surface area (Å²) in [6, 6.07) is 19.8. The van der Waals surface area contributed by atoms with Gasteiger partial charge in [-0.3, -0.25) is 24.8 Å². The average Bonchev–Trinajstić information content (AvgIpc) is 2.89. The van der Waals surface area contributed by atoms with Crippen molar-refractivity contribution in [3.63, 3.8) is 0 Å². The van der Waals surface area contributed by atoms with Crippen LogP contribution in [0, 0.1) is 10.1 Å². The summed E-state index contributed by atoms with van der Waals surface area (Å²) in [5.74, 6) is 0.0974. The summed E-state index contributed by atoms with van der Waals surface area (Å²) >= 11 is 0. The number of aromatic nitrogens is 3. The lowest BCUT2D eigenvalue weighted by atomic mass is 9.98. The SMILES string of the molecule is O=[N+]([O-])c1cccc(S(=O)(=O)Nc2ccc(-c3ccc4nccc(-c5ccncc5)c4c3)cn2)c1. The first-order valence-corrected chi connectivity index (χ1v) is 11.9. The first-order chi connectivity index (χ1) is 16.9. The molecule has 2 aromatic carbocycles. The minimum Gasteiger partial charge on any atom is -0.265 e. The third kappa shape index (κ3) is 4.55. The zero-order valence-electron chi connectivity index (χ0n) is 18.1. The van der Waals surface area contributed by atoms with Gasteiger partial charge in [-0.1, -0.05) is 12.1 Å². The molecule has 0 atom stereocenters. The number of hydrogen-bond acceptors (Lipinski definition) is 7. The van der Waals surface area contributed by atoms with Gasteiger partial charge >= 0.3 is 0 Å². The van der Waals surface area contributed by atoms with Crippen molar-refractivity contribution in [2.45, 2.75) is 4.90 Å². The van der Waals surface area contributed by atoms with Crippen molar-refractivity contribution < 1.29 is 13.3 Å². The second kappa shape index (κ2) is 8.92. The molecule has 0 fully saturated rings. The Kier molecular flexibility index (Phi) is 5.63. The molecule has 0 saturated heterocycles. The lowest BCUT2D eigenvalue weighted by Crippen LogP contribution is -2.14. The molecule has 0 radical (unpaired) electrons. The van der Waals surface area contributed by atoms with E-state index in [1.54, 1.807) is 36.9 Å². The summed E-state index contributed by atoms with van der Waals surface area (Å²) in [6.07, 6.45) is 6.81. The number of sulfonamides is 1. The Morgan fingerprint density at radius 3 is 2.34 bits per heavy atom. The molecule has 0 spiro atoms. The Balaban J connectivity index is 1.44. The average molecular weight is 484 g/mol. The molecule has 5 aromatic rings. The predicted octanol–water partition coefficient (Wildman–Crippen LogP) is 5.07. The van der Waals surface area contributed by atoms with Gasteiger partial charge in [-0.2, -0.15) is 0 Å². The van der Waals surface area contributed by atoms with E-state index < -0.39 is 14.9 Å². The number of anilines is 1. The van der Waals surface area contributed by atoms with Gasteiger partial charge in [-0.15, -0.1) is 0 Å². The number of nitro benzene ring substituents is 1. The third-order valence-electron chi connectivity index (χ3n) is 5.41. The number of pyridine rings is 3. The zero-order valence-corrected chi connectivity index (χ0v) is 18.9. The van der Waals surface area contributed by atoms with Crippen molar-refractivity contribution in [1.82, 2.24) is 15.0 Å². The van der Waals surface area contributed by atoms with E-state index in [2.05, 4.69) is 19.7 Å². The highest BCUT2D eigenvalue weighted by Gasteiger charge is 2.18. The number of rotatable bonds is 6. The Bertz CT molecular complexity index is 1660. The van der Waals surface area contributed by atoms with Crippen molar-refractivity contribution in [3.8, 4) is 22.3 Å². The highest BCUT2D eigenvalue weighted by molar-refractivity contribution is 7.92. The summed E-state index contributed by atoms with van der Waals surface area (Å²) in [6.45, 7) is 0. The molecule has 1 N–H and O–H groups in total. The third-order valence-corrected chi connectivity index (χ3v) is 6.76. The van der Waals surface area contributed by atoms with Crippen LogP contribution in [0.4, 0.5) is 11.5 Å². The van der Waals surface area contributed by atoms with Gasteiger partial charge in [0.15, 0.2) is 0 Å². The molecule has 3 aromatic heterocycles. The molecule has 10 heteroatoms. The van der Waals surface area contributed by atoms with Gasteiger partial charge in [0.05, 0.1) is 15.3 Å². The van der Waals surface area contributed by atoms with Crippen molar-refractivity contribution in [2.24, 2.45) is 0 Å². The van der Waals surface area contributed by atoms with Crippen LogP contribution in [-0.4, -0.2) is 28.3 Å². The van der Waals surface area contributed by atoms with E-state index in [9.17, 15) is 18.5 Å². The predicted molar refractivity (Wildman–Crippen MR) is 132 cm³/mol. The van der Waals surface area contributed by atoms with Gasteiger partial charge in [-0.25, -0.2) is 13.4 Å². The standard InChI is InChI=1S/C25H17N5O4S/c31-30(32)20-2-1-3-21(15-20)35(33,34)29-25-7-5-19(16-28-25)18-4-6-24-23(14-18)22(10-13-27-24)17-8-11-26-12-9-17/h1-16H,(H,28,29). The number of non-ortho nitro benzene ring substituents is 1. The quantitative estimate of drug-likeness (QED) is 0.264. The molecule has 0 aliphatic heterocycles. The van der Waals surface area contributed by atoms with Crippen LogP contribution in [0.3, 0.4) is 0 Å². The van der Waals surface area contributed by atoms with Crippen LogP contribution in [0.1, 0.15) is 0 Å². The number of fused-ring (bicyclic) bond motifs is 1. The van der Waals surface area contributed by atoms with Gasteiger partial charge in [0, 0.05) is 47.9 Å². The molecule has 9 nitrogen and oxygen atoms in total. The maximum absolute atomic E-state index is 12.7. The number of benzene rings is 2. The van der Waals surface area contributed by atoms with E-state index in [4.69, 9.17) is 0 Å². The highest BCUT2D eigenvalue weighted by atomic mass is 32.2. The van der Waals surface area contributed by atoms with E-state index in [1.165, 1.54) is 18.2 Å². The van der Waals surface area contributed by atoms with Crippen LogP contribution in [-0.2, 0) is 10.0 Å². The molecule has 0 aliphatic carbocycles. The Hall–Kier alpha value is -4.70. The van der Waals surface area contributed by atoms with E-state index in [0.717, 1.165) is 39.2 Å². The normalized spacial score (nSPS) is 11.3. The lowest BCUT2D eigenvalue weighted by molar-refractivity contribution is -0.385. The minimum atomic E-state index is -4.04. The van der Waals surface area contributed by atoms with Crippen molar-refractivity contribution in [3.05, 3.63) is 108 Å². The second-order valence-corrected chi connectivity index (χ2v) is 9.30. The van der Waals surface area contributed by atoms with Crippen LogP contribution in [0.2, 0.25) is 0 Å². The lowest BCUT2D eigenvalue weighted by Gasteiger charge is -2.10. The fourth-order valence-corrected chi connectivity index (χ4v) is 4.74. The van der Waals surface area contributed by atoms with Crippen LogP contribution in [0.5, 0.6) is 0 Å². The van der Waals surface area contributed by atoms with Crippen LogP contribution in [0.15, 0.2) is 102 Å². The maximum atomic E-state index is 12.7. The summed E-state index contributed by atoms with van der Waals surface area (Å²) in [5.41, 5.74) is 4.25. The zero-order chi connectivity index (χ0) is 24.4. The van der Waals surface area contributed by atoms with Gasteiger partial charge in [0.1, 0.15) is 5.82 Å². The topological polar surface area (TPSA) is 128 Å². The molecule has 0 aliphatic rings. The van der Waals surface area contributed by atoms with Crippen molar-refractivity contribution >= 4 is 32.4 Å². The van der Waals surface area contributed by atoms with Crippen molar-refractivity contribution in [2.75, 3.05) is 4.72 Å². The number of nitrogens with zero attached hydrogens (tertiary/aromatic N) is 4. The summed E-state index contributed by atoms with van der Waals surface area (Å²) in [5, 5.41) is 11.9. The molecule has 0 bridgehead atoms. The molecule has 0 unspecified atom stereocenters. The van der Waals surface area contributed by atoms with Crippen LogP contribution < -0.4 is 4.72 Å². The molecular formula is C25H17N5O4S. The van der Waals surface area contributed by atoms with Gasteiger partial charge < -0.3 is 0 Å². The maximum Gasteiger partial charge on any atom is 0.270 e. The molecule has 5 rings (SSSR count). The summed E-state index contributed by atoms with van der Waals surface area (Å²) < 4.78 is 27.7. The first kappa shape index (κ1) is 22.1.